The number of hydrogen-bond donors (Lipinski definition) is 3. The smallest absolute Gasteiger partial charge is 0.244 e. The Kier molecular flexibility index (Phi) is 7.35. The van der Waals surface area contributed by atoms with Crippen LogP contribution < -0.4 is 11.1 Å². The number of carbonyl (C=O) groups is 1. The molecule has 7 nitrogen and oxygen atoms in total. The third-order valence-electron chi connectivity index (χ3n) is 6.21. The zero-order valence-corrected chi connectivity index (χ0v) is 19.8. The Morgan fingerprint density at radius 2 is 1.82 bits per heavy atom. The Morgan fingerprint density at radius 3 is 2.50 bits per heavy atom. The van der Waals surface area contributed by atoms with Crippen LogP contribution in [0.2, 0.25) is 0 Å². The quantitative estimate of drug-likeness (QED) is 0.453. The number of benzene rings is 2. The third-order valence-corrected chi connectivity index (χ3v) is 6.21. The predicted molar refractivity (Wildman–Crippen MR) is 136 cm³/mol. The van der Waals surface area contributed by atoms with Crippen LogP contribution in [0.25, 0.3) is 0 Å². The van der Waals surface area contributed by atoms with E-state index in [9.17, 15) is 4.79 Å². The molecular weight excluding hydrogens is 424 g/mol. The summed E-state index contributed by atoms with van der Waals surface area (Å²) in [6.45, 7) is 2.57. The van der Waals surface area contributed by atoms with Crippen molar-refractivity contribution >= 4 is 17.4 Å². The second-order valence-corrected chi connectivity index (χ2v) is 8.87. The fourth-order valence-corrected chi connectivity index (χ4v) is 4.38. The molecule has 176 valence electrons. The van der Waals surface area contributed by atoms with Gasteiger partial charge in [-0.15, -0.1) is 0 Å². The standard InChI is InChI=1S/C27H32N6O/c1-32(2)16-14-30-25(20-11-7-4-8-12-20)27(34)33-15-13-22-21(18-33)17-31-26(29)23(22)24(28)19-9-5-3-6-10-19/h3-12,17,25,28,30H,13-16,18H2,1-2H3,(H2,29,31). The van der Waals surface area contributed by atoms with Gasteiger partial charge in [0, 0.05) is 43.5 Å². The number of aromatic nitrogens is 1. The molecule has 2 heterocycles. The molecule has 1 aliphatic heterocycles. The lowest BCUT2D eigenvalue weighted by Crippen LogP contribution is -2.44. The van der Waals surface area contributed by atoms with Gasteiger partial charge >= 0.3 is 0 Å². The van der Waals surface area contributed by atoms with Gasteiger partial charge in [0.15, 0.2) is 0 Å². The Morgan fingerprint density at radius 1 is 1.15 bits per heavy atom. The number of pyridine rings is 1. The average molecular weight is 457 g/mol. The maximum Gasteiger partial charge on any atom is 0.244 e. The summed E-state index contributed by atoms with van der Waals surface area (Å²) in [5.74, 6) is 0.409. The van der Waals surface area contributed by atoms with Crippen LogP contribution in [-0.2, 0) is 17.8 Å². The molecule has 0 spiro atoms. The molecule has 1 amide bonds. The normalized spacial score (nSPS) is 14.0. The highest BCUT2D eigenvalue weighted by Gasteiger charge is 2.30. The van der Waals surface area contributed by atoms with Crippen LogP contribution in [0.5, 0.6) is 0 Å². The lowest BCUT2D eigenvalue weighted by atomic mass is 9.90. The zero-order chi connectivity index (χ0) is 24.1. The fourth-order valence-electron chi connectivity index (χ4n) is 4.38. The van der Waals surface area contributed by atoms with Crippen molar-refractivity contribution in [1.82, 2.24) is 20.1 Å². The minimum atomic E-state index is -0.411. The van der Waals surface area contributed by atoms with Crippen LogP contribution in [0, 0.1) is 5.41 Å². The van der Waals surface area contributed by atoms with Gasteiger partial charge in [0.2, 0.25) is 5.91 Å². The summed E-state index contributed by atoms with van der Waals surface area (Å²) < 4.78 is 0. The van der Waals surface area contributed by atoms with Gasteiger partial charge in [-0.2, -0.15) is 0 Å². The van der Waals surface area contributed by atoms with E-state index in [1.54, 1.807) is 6.20 Å². The van der Waals surface area contributed by atoms with E-state index in [-0.39, 0.29) is 5.91 Å². The van der Waals surface area contributed by atoms with Crippen LogP contribution in [0.3, 0.4) is 0 Å². The van der Waals surface area contributed by atoms with Gasteiger partial charge in [-0.3, -0.25) is 10.2 Å². The molecule has 1 aliphatic rings. The minimum absolute atomic E-state index is 0.0483. The fraction of sp³-hybridized carbons (Fsp3) is 0.296. The van der Waals surface area contributed by atoms with Crippen LogP contribution in [0.1, 0.15) is 33.9 Å². The van der Waals surface area contributed by atoms with E-state index >= 15 is 0 Å². The summed E-state index contributed by atoms with van der Waals surface area (Å²) in [4.78, 5) is 22.0. The molecule has 4 N–H and O–H groups in total. The maximum absolute atomic E-state index is 13.7. The second kappa shape index (κ2) is 10.6. The van der Waals surface area contributed by atoms with Crippen LogP contribution in [-0.4, -0.2) is 60.1 Å². The Hall–Kier alpha value is -3.55. The van der Waals surface area contributed by atoms with Crippen LogP contribution in [0.15, 0.2) is 66.9 Å². The molecule has 0 radical (unpaired) electrons. The molecule has 0 saturated heterocycles. The Labute approximate surface area is 201 Å². The summed E-state index contributed by atoms with van der Waals surface area (Å²) in [6, 6.07) is 19.0. The number of likely N-dealkylation sites (N-methyl/N-ethyl adjacent to an activating group) is 1. The van der Waals surface area contributed by atoms with E-state index in [0.29, 0.717) is 43.1 Å². The van der Waals surface area contributed by atoms with Crippen molar-refractivity contribution in [2.45, 2.75) is 19.0 Å². The van der Waals surface area contributed by atoms with Gasteiger partial charge in [0.25, 0.3) is 0 Å². The SMILES string of the molecule is CN(C)CCNC(C(=O)N1CCc2c(cnc(N)c2C(=N)c2ccccc2)C1)c1ccccc1. The van der Waals surface area contributed by atoms with Gasteiger partial charge < -0.3 is 20.9 Å². The first-order valence-corrected chi connectivity index (χ1v) is 11.6. The summed E-state index contributed by atoms with van der Waals surface area (Å²) in [6.07, 6.45) is 2.39. The number of nitrogens with zero attached hydrogens (tertiary/aromatic N) is 3. The molecule has 4 rings (SSSR count). The van der Waals surface area contributed by atoms with Crippen LogP contribution >= 0.6 is 0 Å². The number of carbonyl (C=O) groups excluding carboxylic acids is 1. The molecule has 0 bridgehead atoms. The van der Waals surface area contributed by atoms with Crippen molar-refractivity contribution < 1.29 is 4.79 Å². The van der Waals surface area contributed by atoms with E-state index in [0.717, 1.165) is 28.8 Å². The van der Waals surface area contributed by atoms with E-state index in [2.05, 4.69) is 15.2 Å². The molecule has 3 aromatic rings. The topological polar surface area (TPSA) is 98.3 Å². The van der Waals surface area contributed by atoms with Crippen molar-refractivity contribution in [1.29, 1.82) is 5.41 Å². The molecule has 0 aliphatic carbocycles. The summed E-state index contributed by atoms with van der Waals surface area (Å²) in [7, 11) is 4.04. The Bertz CT molecular complexity index is 1150. The van der Waals surface area contributed by atoms with E-state index in [4.69, 9.17) is 11.1 Å². The molecule has 0 saturated carbocycles. The molecular formula is C27H32N6O. The number of hydrogen-bond acceptors (Lipinski definition) is 6. The maximum atomic E-state index is 13.7. The number of amides is 1. The number of nitrogens with one attached hydrogen (secondary N) is 2. The van der Waals surface area contributed by atoms with E-state index < -0.39 is 6.04 Å². The zero-order valence-electron chi connectivity index (χ0n) is 19.8. The number of nitrogen functional groups attached to an aromatic ring is 1. The minimum Gasteiger partial charge on any atom is -0.383 e. The third kappa shape index (κ3) is 5.16. The number of fused-ring (bicyclic) bond motifs is 1. The summed E-state index contributed by atoms with van der Waals surface area (Å²) in [5, 5.41) is 12.2. The first kappa shape index (κ1) is 23.6. The summed E-state index contributed by atoms with van der Waals surface area (Å²) in [5.41, 5.74) is 11.0. The van der Waals surface area contributed by atoms with Crippen molar-refractivity contribution in [3.8, 4) is 0 Å². The molecule has 1 aromatic heterocycles. The highest BCUT2D eigenvalue weighted by molar-refractivity contribution is 6.14. The lowest BCUT2D eigenvalue weighted by molar-refractivity contribution is -0.134. The van der Waals surface area contributed by atoms with Gasteiger partial charge in [-0.1, -0.05) is 60.7 Å². The molecule has 34 heavy (non-hydrogen) atoms. The molecule has 7 heteroatoms. The first-order chi connectivity index (χ1) is 16.5. The largest absolute Gasteiger partial charge is 0.383 e. The number of anilines is 1. The highest BCUT2D eigenvalue weighted by Crippen LogP contribution is 2.29. The van der Waals surface area contributed by atoms with Gasteiger partial charge in [-0.05, 0) is 37.2 Å². The lowest BCUT2D eigenvalue weighted by Gasteiger charge is -2.33. The van der Waals surface area contributed by atoms with Crippen molar-refractivity contribution in [3.05, 3.63) is 94.7 Å². The van der Waals surface area contributed by atoms with Gasteiger partial charge in [0.05, 0.1) is 5.71 Å². The van der Waals surface area contributed by atoms with Gasteiger partial charge in [0.1, 0.15) is 11.9 Å². The highest BCUT2D eigenvalue weighted by atomic mass is 16.2. The van der Waals surface area contributed by atoms with E-state index in [1.165, 1.54) is 0 Å². The van der Waals surface area contributed by atoms with E-state index in [1.807, 2.05) is 79.7 Å². The average Bonchev–Trinajstić information content (AvgIpc) is 2.86. The predicted octanol–water partition coefficient (Wildman–Crippen LogP) is 2.86. The Balaban J connectivity index is 1.58. The summed E-state index contributed by atoms with van der Waals surface area (Å²) >= 11 is 0. The van der Waals surface area contributed by atoms with Crippen molar-refractivity contribution in [2.75, 3.05) is 39.5 Å². The molecule has 1 atom stereocenters. The van der Waals surface area contributed by atoms with Crippen molar-refractivity contribution in [3.63, 3.8) is 0 Å². The monoisotopic (exact) mass is 456 g/mol. The first-order valence-electron chi connectivity index (χ1n) is 11.6. The molecule has 1 unspecified atom stereocenters. The second-order valence-electron chi connectivity index (χ2n) is 8.87. The van der Waals surface area contributed by atoms with Crippen LogP contribution in [0.4, 0.5) is 5.82 Å². The van der Waals surface area contributed by atoms with Gasteiger partial charge in [-0.25, -0.2) is 4.98 Å². The number of rotatable bonds is 8. The number of nitrogens with two attached hydrogens (primary N) is 1. The molecule has 0 fully saturated rings. The van der Waals surface area contributed by atoms with Crippen molar-refractivity contribution in [2.24, 2.45) is 0 Å². The molecule has 2 aromatic carbocycles.